The first-order valence-electron chi connectivity index (χ1n) is 6.44. The van der Waals surface area contributed by atoms with Crippen molar-refractivity contribution < 1.29 is 4.79 Å². The lowest BCUT2D eigenvalue weighted by molar-refractivity contribution is -0.119. The predicted octanol–water partition coefficient (Wildman–Crippen LogP) is 1.94. The Morgan fingerprint density at radius 1 is 1.50 bits per heavy atom. The average molecular weight is 243 g/mol. The predicted molar refractivity (Wildman–Crippen MR) is 69.3 cm³/mol. The lowest BCUT2D eigenvalue weighted by Gasteiger charge is -2.26. The molecular weight excluding hydrogens is 226 g/mol. The summed E-state index contributed by atoms with van der Waals surface area (Å²) in [6.45, 7) is 2.13. The molecule has 1 aliphatic heterocycles. The molecule has 0 spiro atoms. The molecule has 1 atom stereocenters. The van der Waals surface area contributed by atoms with Crippen molar-refractivity contribution in [3.8, 4) is 0 Å². The third-order valence-corrected chi connectivity index (χ3v) is 3.85. The van der Waals surface area contributed by atoms with Gasteiger partial charge >= 0.3 is 0 Å². The summed E-state index contributed by atoms with van der Waals surface area (Å²) in [5.74, 6) is 0.167. The Balaban J connectivity index is 1.89. The number of pyridine rings is 1. The fourth-order valence-electron chi connectivity index (χ4n) is 2.72. The van der Waals surface area contributed by atoms with E-state index in [1.54, 1.807) is 0 Å². The Hall–Kier alpha value is -1.84. The van der Waals surface area contributed by atoms with E-state index in [0.29, 0.717) is 6.42 Å². The van der Waals surface area contributed by atoms with E-state index in [0.717, 1.165) is 30.6 Å². The Morgan fingerprint density at radius 2 is 2.39 bits per heavy atom. The lowest BCUT2D eigenvalue weighted by Crippen LogP contribution is -2.43. The van der Waals surface area contributed by atoms with Crippen LogP contribution >= 0.6 is 0 Å². The number of nitrogens with zero attached hydrogens (tertiary/aromatic N) is 2. The number of amides is 1. The average Bonchev–Trinajstić information content (AvgIpc) is 2.93. The summed E-state index contributed by atoms with van der Waals surface area (Å²) in [6, 6.07) is 5.97. The molecule has 0 bridgehead atoms. The molecule has 18 heavy (non-hydrogen) atoms. The van der Waals surface area contributed by atoms with Gasteiger partial charge in [-0.2, -0.15) is 0 Å². The molecule has 0 aromatic carbocycles. The van der Waals surface area contributed by atoms with Crippen molar-refractivity contribution >= 4 is 11.6 Å². The van der Waals surface area contributed by atoms with E-state index >= 15 is 0 Å². The molecule has 3 heterocycles. The number of carbonyl (C=O) groups excluding carboxylic acids is 1. The standard InChI is InChI=1S/C14H17N3O/c1-2-14(7-6-13(18)16-14)9-11-10-17-8-4-3-5-12(17)15-11/h3-5,8,10H,2,6-7,9H2,1H3,(H,16,18). The van der Waals surface area contributed by atoms with E-state index in [1.165, 1.54) is 0 Å². The van der Waals surface area contributed by atoms with Crippen LogP contribution < -0.4 is 5.32 Å². The second-order valence-electron chi connectivity index (χ2n) is 5.06. The van der Waals surface area contributed by atoms with Gasteiger partial charge in [0.1, 0.15) is 5.65 Å². The Labute approximate surface area is 106 Å². The summed E-state index contributed by atoms with van der Waals surface area (Å²) in [5.41, 5.74) is 1.92. The third-order valence-electron chi connectivity index (χ3n) is 3.85. The van der Waals surface area contributed by atoms with Gasteiger partial charge in [-0.1, -0.05) is 13.0 Å². The molecular formula is C14H17N3O. The number of hydrogen-bond acceptors (Lipinski definition) is 2. The molecule has 0 saturated carbocycles. The van der Waals surface area contributed by atoms with E-state index in [1.807, 2.05) is 28.8 Å². The maximum atomic E-state index is 11.4. The van der Waals surface area contributed by atoms with Crippen LogP contribution in [0.25, 0.3) is 5.65 Å². The normalized spacial score (nSPS) is 23.5. The molecule has 4 nitrogen and oxygen atoms in total. The van der Waals surface area contributed by atoms with Crippen LogP contribution in [0.5, 0.6) is 0 Å². The quantitative estimate of drug-likeness (QED) is 0.895. The molecule has 0 aliphatic carbocycles. The SMILES string of the molecule is CCC1(Cc2cn3ccccc3n2)CCC(=O)N1. The molecule has 1 aliphatic rings. The van der Waals surface area contributed by atoms with Gasteiger partial charge in [0.2, 0.25) is 5.91 Å². The summed E-state index contributed by atoms with van der Waals surface area (Å²) in [4.78, 5) is 16.0. The molecule has 1 amide bonds. The van der Waals surface area contributed by atoms with Gasteiger partial charge in [-0.05, 0) is 25.0 Å². The molecule has 94 valence electrons. The van der Waals surface area contributed by atoms with Gasteiger partial charge in [-0.3, -0.25) is 4.79 Å². The maximum Gasteiger partial charge on any atom is 0.220 e. The highest BCUT2D eigenvalue weighted by Crippen LogP contribution is 2.27. The van der Waals surface area contributed by atoms with E-state index in [4.69, 9.17) is 0 Å². The fraction of sp³-hybridized carbons (Fsp3) is 0.429. The monoisotopic (exact) mass is 243 g/mol. The number of fused-ring (bicyclic) bond motifs is 1. The van der Waals surface area contributed by atoms with E-state index in [9.17, 15) is 4.79 Å². The van der Waals surface area contributed by atoms with Crippen LogP contribution in [0, 0.1) is 0 Å². The minimum atomic E-state index is -0.0883. The smallest absolute Gasteiger partial charge is 0.220 e. The molecule has 3 rings (SSSR count). The zero-order valence-corrected chi connectivity index (χ0v) is 10.5. The van der Waals surface area contributed by atoms with Crippen LogP contribution in [0.3, 0.4) is 0 Å². The van der Waals surface area contributed by atoms with Gasteiger partial charge in [0.25, 0.3) is 0 Å². The minimum Gasteiger partial charge on any atom is -0.350 e. The Bertz CT molecular complexity index is 556. The van der Waals surface area contributed by atoms with Crippen molar-refractivity contribution in [2.45, 2.75) is 38.1 Å². The number of imidazole rings is 1. The molecule has 4 heteroatoms. The van der Waals surface area contributed by atoms with Gasteiger partial charge in [0.15, 0.2) is 0 Å². The lowest BCUT2D eigenvalue weighted by atomic mass is 9.89. The van der Waals surface area contributed by atoms with Crippen LogP contribution in [0.2, 0.25) is 0 Å². The molecule has 0 radical (unpaired) electrons. The summed E-state index contributed by atoms with van der Waals surface area (Å²) in [5, 5.41) is 3.12. The van der Waals surface area contributed by atoms with Gasteiger partial charge in [0.05, 0.1) is 5.69 Å². The number of hydrogen-bond donors (Lipinski definition) is 1. The highest BCUT2D eigenvalue weighted by atomic mass is 16.2. The van der Waals surface area contributed by atoms with Gasteiger partial charge in [-0.25, -0.2) is 4.98 Å². The van der Waals surface area contributed by atoms with Crippen LogP contribution in [-0.4, -0.2) is 20.8 Å². The topological polar surface area (TPSA) is 46.4 Å². The number of aromatic nitrogens is 2. The van der Waals surface area contributed by atoms with E-state index < -0.39 is 0 Å². The van der Waals surface area contributed by atoms with Gasteiger partial charge in [0, 0.05) is 30.8 Å². The largest absolute Gasteiger partial charge is 0.350 e. The maximum absolute atomic E-state index is 11.4. The van der Waals surface area contributed by atoms with Crippen molar-refractivity contribution in [3.05, 3.63) is 36.3 Å². The second-order valence-corrected chi connectivity index (χ2v) is 5.06. The summed E-state index contributed by atoms with van der Waals surface area (Å²) in [7, 11) is 0. The molecule has 2 aromatic rings. The molecule has 1 unspecified atom stereocenters. The van der Waals surface area contributed by atoms with Crippen LogP contribution in [0.1, 0.15) is 31.9 Å². The minimum absolute atomic E-state index is 0.0883. The first-order valence-corrected chi connectivity index (χ1v) is 6.44. The zero-order valence-electron chi connectivity index (χ0n) is 10.5. The van der Waals surface area contributed by atoms with Gasteiger partial charge in [-0.15, -0.1) is 0 Å². The highest BCUT2D eigenvalue weighted by molar-refractivity contribution is 5.79. The zero-order chi connectivity index (χ0) is 12.6. The van der Waals surface area contributed by atoms with Crippen molar-refractivity contribution in [1.82, 2.24) is 14.7 Å². The second kappa shape index (κ2) is 4.12. The third kappa shape index (κ3) is 1.88. The van der Waals surface area contributed by atoms with Crippen molar-refractivity contribution in [3.63, 3.8) is 0 Å². The van der Waals surface area contributed by atoms with Crippen LogP contribution in [0.4, 0.5) is 0 Å². The summed E-state index contributed by atoms with van der Waals surface area (Å²) >= 11 is 0. The number of carbonyl (C=O) groups is 1. The molecule has 1 N–H and O–H groups in total. The Morgan fingerprint density at radius 3 is 3.06 bits per heavy atom. The fourth-order valence-corrected chi connectivity index (χ4v) is 2.72. The van der Waals surface area contributed by atoms with Crippen molar-refractivity contribution in [1.29, 1.82) is 0 Å². The summed E-state index contributed by atoms with van der Waals surface area (Å²) in [6.07, 6.45) is 7.37. The molecule has 1 saturated heterocycles. The van der Waals surface area contributed by atoms with Gasteiger partial charge < -0.3 is 9.72 Å². The van der Waals surface area contributed by atoms with E-state index in [-0.39, 0.29) is 11.4 Å². The number of rotatable bonds is 3. The van der Waals surface area contributed by atoms with Crippen LogP contribution in [-0.2, 0) is 11.2 Å². The highest BCUT2D eigenvalue weighted by Gasteiger charge is 2.36. The Kier molecular flexibility index (Phi) is 2.58. The molecule has 2 aromatic heterocycles. The van der Waals surface area contributed by atoms with Crippen molar-refractivity contribution in [2.24, 2.45) is 0 Å². The number of nitrogens with one attached hydrogen (secondary N) is 1. The first kappa shape index (κ1) is 11.3. The molecule has 1 fully saturated rings. The van der Waals surface area contributed by atoms with Crippen molar-refractivity contribution in [2.75, 3.05) is 0 Å². The van der Waals surface area contributed by atoms with Crippen LogP contribution in [0.15, 0.2) is 30.6 Å². The first-order chi connectivity index (χ1) is 8.71. The summed E-state index contributed by atoms with van der Waals surface area (Å²) < 4.78 is 2.02. The van der Waals surface area contributed by atoms with E-state index in [2.05, 4.69) is 23.4 Å².